The summed E-state index contributed by atoms with van der Waals surface area (Å²) in [6.45, 7) is 1.04. The summed E-state index contributed by atoms with van der Waals surface area (Å²) in [5.74, 6) is -1.21. The van der Waals surface area contributed by atoms with Crippen LogP contribution in [-0.4, -0.2) is 54.2 Å². The van der Waals surface area contributed by atoms with E-state index in [1.165, 1.54) is 14.2 Å². The molecule has 0 bridgehead atoms. The molecule has 0 atom stereocenters. The van der Waals surface area contributed by atoms with Crippen LogP contribution in [0.2, 0.25) is 0 Å². The van der Waals surface area contributed by atoms with Crippen LogP contribution in [0.3, 0.4) is 0 Å². The van der Waals surface area contributed by atoms with E-state index < -0.39 is 17.5 Å². The second-order valence-corrected chi connectivity index (χ2v) is 8.70. The van der Waals surface area contributed by atoms with Gasteiger partial charge in [-0.2, -0.15) is 0 Å². The molecule has 2 heterocycles. The molecular formula is C23H22F2N4O4S. The molecule has 0 aliphatic carbocycles. The van der Waals surface area contributed by atoms with E-state index in [-0.39, 0.29) is 22.5 Å². The van der Waals surface area contributed by atoms with Gasteiger partial charge < -0.3 is 19.7 Å². The fourth-order valence-electron chi connectivity index (χ4n) is 3.70. The van der Waals surface area contributed by atoms with Crippen LogP contribution in [0.1, 0.15) is 43.9 Å². The van der Waals surface area contributed by atoms with Crippen LogP contribution in [0.15, 0.2) is 36.4 Å². The Morgan fingerprint density at radius 1 is 1.03 bits per heavy atom. The number of aromatic nitrogens is 2. The first kappa shape index (κ1) is 23.6. The molecule has 2 aromatic carbocycles. The minimum atomic E-state index is -0.871. The number of hydrogen-bond donors (Lipinski definition) is 1. The lowest BCUT2D eigenvalue weighted by molar-refractivity contribution is 0.0712. The fraction of sp³-hybridized carbons (Fsp3) is 0.304. The summed E-state index contributed by atoms with van der Waals surface area (Å²) >= 11 is 1.12. The molecule has 1 aliphatic heterocycles. The summed E-state index contributed by atoms with van der Waals surface area (Å²) in [4.78, 5) is 27.2. The van der Waals surface area contributed by atoms with Crippen molar-refractivity contribution >= 4 is 28.8 Å². The second-order valence-electron chi connectivity index (χ2n) is 7.69. The van der Waals surface area contributed by atoms with E-state index in [1.54, 1.807) is 23.1 Å². The fourth-order valence-corrected chi connectivity index (χ4v) is 4.61. The van der Waals surface area contributed by atoms with E-state index >= 15 is 0 Å². The minimum Gasteiger partial charge on any atom is -0.497 e. The molecule has 1 aliphatic rings. The van der Waals surface area contributed by atoms with Crippen molar-refractivity contribution in [2.75, 3.05) is 32.6 Å². The maximum absolute atomic E-state index is 13.8. The molecule has 2 amide bonds. The summed E-state index contributed by atoms with van der Waals surface area (Å²) in [5, 5.41) is 11.2. The molecule has 1 N–H and O–H groups in total. The van der Waals surface area contributed by atoms with E-state index in [9.17, 15) is 18.4 Å². The van der Waals surface area contributed by atoms with Crippen molar-refractivity contribution in [2.45, 2.75) is 18.8 Å². The molecule has 8 nitrogen and oxygen atoms in total. The zero-order valence-electron chi connectivity index (χ0n) is 18.5. The lowest BCUT2D eigenvalue weighted by atomic mass is 9.97. The quantitative estimate of drug-likeness (QED) is 0.562. The van der Waals surface area contributed by atoms with Gasteiger partial charge in [-0.25, -0.2) is 8.78 Å². The highest BCUT2D eigenvalue weighted by atomic mass is 32.1. The molecule has 0 radical (unpaired) electrons. The van der Waals surface area contributed by atoms with Crippen LogP contribution in [-0.2, 0) is 0 Å². The van der Waals surface area contributed by atoms with Crippen LogP contribution in [0.25, 0.3) is 0 Å². The van der Waals surface area contributed by atoms with E-state index in [2.05, 4.69) is 15.5 Å². The number of piperidine rings is 1. The number of methoxy groups -OCH3 is 2. The van der Waals surface area contributed by atoms with Crippen molar-refractivity contribution in [3.05, 3.63) is 63.6 Å². The lowest BCUT2D eigenvalue weighted by Gasteiger charge is -2.31. The highest BCUT2D eigenvalue weighted by Crippen LogP contribution is 2.32. The van der Waals surface area contributed by atoms with Gasteiger partial charge in [-0.1, -0.05) is 11.3 Å². The third kappa shape index (κ3) is 5.14. The number of carbonyl (C=O) groups excluding carboxylic acids is 2. The Balaban J connectivity index is 1.37. The van der Waals surface area contributed by atoms with Gasteiger partial charge in [0.25, 0.3) is 11.8 Å². The molecule has 0 saturated carbocycles. The number of halogens is 2. The summed E-state index contributed by atoms with van der Waals surface area (Å²) in [5.41, 5.74) is 0.349. The summed E-state index contributed by atoms with van der Waals surface area (Å²) < 4.78 is 37.3. The van der Waals surface area contributed by atoms with E-state index in [0.29, 0.717) is 54.1 Å². The molecule has 178 valence electrons. The normalized spacial score (nSPS) is 14.1. The number of anilines is 1. The number of ether oxygens (including phenoxy) is 2. The topological polar surface area (TPSA) is 93.7 Å². The monoisotopic (exact) mass is 488 g/mol. The van der Waals surface area contributed by atoms with E-state index in [4.69, 9.17) is 9.47 Å². The number of nitrogens with zero attached hydrogens (tertiary/aromatic N) is 3. The largest absolute Gasteiger partial charge is 0.497 e. The molecule has 34 heavy (non-hydrogen) atoms. The predicted octanol–water partition coefficient (Wildman–Crippen LogP) is 4.11. The van der Waals surface area contributed by atoms with Crippen LogP contribution >= 0.6 is 11.3 Å². The van der Waals surface area contributed by atoms with Crippen molar-refractivity contribution < 1.29 is 27.8 Å². The van der Waals surface area contributed by atoms with Crippen molar-refractivity contribution in [2.24, 2.45) is 0 Å². The van der Waals surface area contributed by atoms with Gasteiger partial charge in [0, 0.05) is 36.7 Å². The molecule has 3 aromatic rings. The summed E-state index contributed by atoms with van der Waals surface area (Å²) in [7, 11) is 3.06. The standard InChI is InChI=1S/C23H22F2N4O4S/c1-32-16-9-14(10-17(12-16)33-2)23(31)29-7-5-13(6-8-29)21-27-28-22(34-21)20(30)26-19-4-3-15(24)11-18(19)25/h3-4,9-13H,5-8H2,1-2H3,(H,26,30). The molecule has 0 spiro atoms. The van der Waals surface area contributed by atoms with Crippen molar-refractivity contribution in [1.29, 1.82) is 0 Å². The highest BCUT2D eigenvalue weighted by Gasteiger charge is 2.28. The third-order valence-corrected chi connectivity index (χ3v) is 6.63. The van der Waals surface area contributed by atoms with Gasteiger partial charge >= 0.3 is 0 Å². The predicted molar refractivity (Wildman–Crippen MR) is 122 cm³/mol. The zero-order chi connectivity index (χ0) is 24.2. The number of amides is 2. The SMILES string of the molecule is COc1cc(OC)cc(C(=O)N2CCC(c3nnc(C(=O)Nc4ccc(F)cc4F)s3)CC2)c1. The Labute approximate surface area is 198 Å². The van der Waals surface area contributed by atoms with Gasteiger partial charge in [0.1, 0.15) is 28.1 Å². The first-order valence-corrected chi connectivity index (χ1v) is 11.3. The maximum Gasteiger partial charge on any atom is 0.286 e. The van der Waals surface area contributed by atoms with Gasteiger partial charge in [0.15, 0.2) is 0 Å². The molecule has 0 unspecified atom stereocenters. The first-order chi connectivity index (χ1) is 16.4. The van der Waals surface area contributed by atoms with Crippen LogP contribution in [0.5, 0.6) is 11.5 Å². The van der Waals surface area contributed by atoms with Crippen LogP contribution < -0.4 is 14.8 Å². The Bertz CT molecular complexity index is 1190. The Kier molecular flexibility index (Phi) is 7.01. The number of nitrogens with one attached hydrogen (secondary N) is 1. The van der Waals surface area contributed by atoms with Crippen molar-refractivity contribution in [3.8, 4) is 11.5 Å². The number of likely N-dealkylation sites (tertiary alicyclic amines) is 1. The molecule has 1 fully saturated rings. The van der Waals surface area contributed by atoms with Crippen LogP contribution in [0.4, 0.5) is 14.5 Å². The molecule has 1 saturated heterocycles. The van der Waals surface area contributed by atoms with Gasteiger partial charge in [-0.15, -0.1) is 10.2 Å². The molecule has 4 rings (SSSR count). The summed E-state index contributed by atoms with van der Waals surface area (Å²) in [6.07, 6.45) is 1.32. The van der Waals surface area contributed by atoms with Crippen LogP contribution in [0, 0.1) is 11.6 Å². The number of hydrogen-bond acceptors (Lipinski definition) is 7. The molecular weight excluding hydrogens is 466 g/mol. The Hall–Kier alpha value is -3.60. The maximum atomic E-state index is 13.8. The highest BCUT2D eigenvalue weighted by molar-refractivity contribution is 7.13. The molecule has 11 heteroatoms. The van der Waals surface area contributed by atoms with Gasteiger partial charge in [-0.05, 0) is 37.1 Å². The van der Waals surface area contributed by atoms with Gasteiger partial charge in [0.2, 0.25) is 5.01 Å². The third-order valence-electron chi connectivity index (χ3n) is 5.54. The minimum absolute atomic E-state index is 0.0468. The van der Waals surface area contributed by atoms with Gasteiger partial charge in [0.05, 0.1) is 19.9 Å². The Morgan fingerprint density at radius 2 is 1.71 bits per heavy atom. The Morgan fingerprint density at radius 3 is 2.32 bits per heavy atom. The zero-order valence-corrected chi connectivity index (χ0v) is 19.3. The first-order valence-electron chi connectivity index (χ1n) is 10.5. The van der Waals surface area contributed by atoms with E-state index in [1.807, 2.05) is 0 Å². The smallest absolute Gasteiger partial charge is 0.286 e. The van der Waals surface area contributed by atoms with Crippen molar-refractivity contribution in [3.63, 3.8) is 0 Å². The lowest BCUT2D eigenvalue weighted by Crippen LogP contribution is -2.37. The average molecular weight is 489 g/mol. The number of carbonyl (C=O) groups is 2. The molecule has 1 aromatic heterocycles. The summed E-state index contributed by atoms with van der Waals surface area (Å²) in [6, 6.07) is 7.96. The van der Waals surface area contributed by atoms with Crippen molar-refractivity contribution in [1.82, 2.24) is 15.1 Å². The second kappa shape index (κ2) is 10.1. The van der Waals surface area contributed by atoms with Gasteiger partial charge in [-0.3, -0.25) is 9.59 Å². The van der Waals surface area contributed by atoms with E-state index in [0.717, 1.165) is 23.5 Å². The number of benzene rings is 2. The number of rotatable bonds is 6. The average Bonchev–Trinajstić information content (AvgIpc) is 3.35.